The van der Waals surface area contributed by atoms with Crippen molar-refractivity contribution < 1.29 is 23.9 Å². The predicted octanol–water partition coefficient (Wildman–Crippen LogP) is 2.52. The lowest BCUT2D eigenvalue weighted by Crippen LogP contribution is -2.56. The van der Waals surface area contributed by atoms with Crippen LogP contribution in [0.15, 0.2) is 54.6 Å². The number of aryl methyl sites for hydroxylation is 2. The van der Waals surface area contributed by atoms with Gasteiger partial charge in [0.2, 0.25) is 17.7 Å². The van der Waals surface area contributed by atoms with Crippen molar-refractivity contribution in [3.8, 4) is 11.8 Å². The Hall–Kier alpha value is -4.61. The number of hydrogen-bond donors (Lipinski definition) is 3. The number of ketones is 1. The topological polar surface area (TPSA) is 157 Å². The number of amides is 3. The van der Waals surface area contributed by atoms with Crippen molar-refractivity contribution in [3.63, 3.8) is 0 Å². The molecular weight excluding hydrogens is 538 g/mol. The number of Topliss-reactive ketones (excluding diaryl/α,β-unsaturated/α-hetero) is 1. The fraction of sp³-hybridized carbons (Fsp3) is 0.433. The molecule has 0 aliphatic heterocycles. The van der Waals surface area contributed by atoms with Gasteiger partial charge in [-0.05, 0) is 60.7 Å². The van der Waals surface area contributed by atoms with Gasteiger partial charge in [0, 0.05) is 6.42 Å². The molecule has 1 aromatic heterocycles. The molecule has 0 saturated carbocycles. The van der Waals surface area contributed by atoms with E-state index in [1.807, 2.05) is 63.2 Å². The Morgan fingerprint density at radius 1 is 0.905 bits per heavy atom. The minimum atomic E-state index is -0.949. The highest BCUT2D eigenvalue weighted by molar-refractivity contribution is 5.94. The summed E-state index contributed by atoms with van der Waals surface area (Å²) in [5.41, 5.74) is 2.09. The maximum absolute atomic E-state index is 13.0. The Kier molecular flexibility index (Phi) is 11.7. The zero-order chi connectivity index (χ0) is 30.6. The molecule has 3 rings (SSSR count). The third-order valence-electron chi connectivity index (χ3n) is 6.65. The highest BCUT2D eigenvalue weighted by atomic mass is 16.5. The number of carbonyl (C=O) groups excluding carboxylic acids is 4. The summed E-state index contributed by atoms with van der Waals surface area (Å²) >= 11 is 0. The molecule has 0 radical (unpaired) electrons. The first-order chi connectivity index (χ1) is 20.1. The van der Waals surface area contributed by atoms with E-state index in [0.717, 1.165) is 11.1 Å². The van der Waals surface area contributed by atoms with Gasteiger partial charge in [0.25, 0.3) is 0 Å². The molecule has 3 atom stereocenters. The Bertz CT molecular complexity index is 1340. The van der Waals surface area contributed by atoms with E-state index in [1.54, 1.807) is 19.1 Å². The molecule has 0 aliphatic rings. The highest BCUT2D eigenvalue weighted by Crippen LogP contribution is 2.19. The maximum Gasteiger partial charge on any atom is 0.341 e. The number of ether oxygens (including phenoxy) is 1. The molecule has 0 spiro atoms. The van der Waals surface area contributed by atoms with Gasteiger partial charge in [-0.15, -0.1) is 0 Å². The average molecular weight is 578 g/mol. The molecule has 3 unspecified atom stereocenters. The predicted molar refractivity (Wildman–Crippen MR) is 155 cm³/mol. The van der Waals surface area contributed by atoms with Crippen molar-refractivity contribution in [2.45, 2.75) is 78.6 Å². The summed E-state index contributed by atoms with van der Waals surface area (Å²) in [7, 11) is 0. The second-order valence-electron chi connectivity index (χ2n) is 10.5. The summed E-state index contributed by atoms with van der Waals surface area (Å²) in [5, 5.41) is 19.4. The van der Waals surface area contributed by atoms with Gasteiger partial charge >= 0.3 is 6.01 Å². The number of carbonyl (C=O) groups is 4. The molecule has 2 aromatic carbocycles. The first-order valence-electron chi connectivity index (χ1n) is 14.0. The summed E-state index contributed by atoms with van der Waals surface area (Å²) in [6, 6.07) is 14.3. The van der Waals surface area contributed by atoms with Crippen molar-refractivity contribution in [2.75, 3.05) is 0 Å². The van der Waals surface area contributed by atoms with Gasteiger partial charge in [0.15, 0.2) is 5.78 Å². The largest absolute Gasteiger partial charge is 0.423 e. The van der Waals surface area contributed by atoms with E-state index in [4.69, 9.17) is 4.74 Å². The van der Waals surface area contributed by atoms with Crippen LogP contribution in [0.5, 0.6) is 11.8 Å². The fourth-order valence-electron chi connectivity index (χ4n) is 4.10. The van der Waals surface area contributed by atoms with Crippen LogP contribution >= 0.6 is 0 Å². The van der Waals surface area contributed by atoms with Crippen molar-refractivity contribution in [1.29, 1.82) is 0 Å². The molecule has 3 amide bonds. The number of rotatable bonds is 15. The third kappa shape index (κ3) is 9.50. The second kappa shape index (κ2) is 15.4. The van der Waals surface area contributed by atoms with E-state index in [9.17, 15) is 19.2 Å². The number of nitrogens with one attached hydrogen (secondary N) is 3. The van der Waals surface area contributed by atoms with Gasteiger partial charge in [0.1, 0.15) is 24.4 Å². The van der Waals surface area contributed by atoms with E-state index >= 15 is 0 Å². The molecule has 0 aliphatic carbocycles. The van der Waals surface area contributed by atoms with E-state index in [0.29, 0.717) is 18.6 Å². The van der Waals surface area contributed by atoms with E-state index in [-0.39, 0.29) is 36.6 Å². The lowest BCUT2D eigenvalue weighted by molar-refractivity contribution is -0.133. The summed E-state index contributed by atoms with van der Waals surface area (Å²) in [6.07, 6.45) is 1.10. The lowest BCUT2D eigenvalue weighted by Gasteiger charge is -2.25. The zero-order valence-corrected chi connectivity index (χ0v) is 24.7. The number of benzene rings is 2. The SMILES string of the molecule is CCC(NC(=O)C(C)NC(=O)C(NC(=O)CCc1ccccc1)C(C)C)C(=O)Cn1nnnc1Oc1ccc(C)cc1. The van der Waals surface area contributed by atoms with Crippen LogP contribution in [0, 0.1) is 12.8 Å². The normalized spacial score (nSPS) is 13.1. The van der Waals surface area contributed by atoms with Crippen LogP contribution in [0.25, 0.3) is 0 Å². The van der Waals surface area contributed by atoms with Crippen LogP contribution in [0.3, 0.4) is 0 Å². The monoisotopic (exact) mass is 577 g/mol. The highest BCUT2D eigenvalue weighted by Gasteiger charge is 2.29. The molecule has 0 bridgehead atoms. The molecule has 3 aromatic rings. The molecule has 3 N–H and O–H groups in total. The van der Waals surface area contributed by atoms with Crippen molar-refractivity contribution >= 4 is 23.5 Å². The maximum atomic E-state index is 13.0. The Morgan fingerprint density at radius 2 is 1.60 bits per heavy atom. The molecule has 224 valence electrons. The number of hydrogen-bond acceptors (Lipinski definition) is 8. The van der Waals surface area contributed by atoms with Crippen molar-refractivity contribution in [1.82, 2.24) is 36.2 Å². The second-order valence-corrected chi connectivity index (χ2v) is 10.5. The smallest absolute Gasteiger partial charge is 0.341 e. The van der Waals surface area contributed by atoms with Crippen molar-refractivity contribution in [2.24, 2.45) is 5.92 Å². The minimum Gasteiger partial charge on any atom is -0.423 e. The molecule has 0 saturated heterocycles. The van der Waals surface area contributed by atoms with E-state index in [2.05, 4.69) is 31.5 Å². The Balaban J connectivity index is 1.52. The summed E-state index contributed by atoms with van der Waals surface area (Å²) in [6.45, 7) is 8.63. The number of tetrazole rings is 1. The van der Waals surface area contributed by atoms with Crippen molar-refractivity contribution in [3.05, 3.63) is 65.7 Å². The first kappa shape index (κ1) is 31.9. The van der Waals surface area contributed by atoms with Crippen LogP contribution in [0.2, 0.25) is 0 Å². The minimum absolute atomic E-state index is 0.0413. The van der Waals surface area contributed by atoms with E-state index in [1.165, 1.54) is 11.6 Å². The fourth-order valence-corrected chi connectivity index (χ4v) is 4.10. The summed E-state index contributed by atoms with van der Waals surface area (Å²) < 4.78 is 6.92. The van der Waals surface area contributed by atoms with Gasteiger partial charge in [0.05, 0.1) is 6.04 Å². The van der Waals surface area contributed by atoms with Gasteiger partial charge in [-0.25, -0.2) is 0 Å². The van der Waals surface area contributed by atoms with Gasteiger partial charge < -0.3 is 20.7 Å². The zero-order valence-electron chi connectivity index (χ0n) is 24.7. The van der Waals surface area contributed by atoms with Crippen LogP contribution in [-0.4, -0.2) is 61.8 Å². The van der Waals surface area contributed by atoms with Gasteiger partial charge in [-0.2, -0.15) is 4.68 Å². The molecule has 12 heteroatoms. The molecule has 12 nitrogen and oxygen atoms in total. The first-order valence-corrected chi connectivity index (χ1v) is 14.0. The summed E-state index contributed by atoms with van der Waals surface area (Å²) in [5.74, 6) is -1.30. The number of aromatic nitrogens is 4. The van der Waals surface area contributed by atoms with Crippen LogP contribution in [0.4, 0.5) is 0 Å². The van der Waals surface area contributed by atoms with Crippen LogP contribution in [-0.2, 0) is 32.1 Å². The van der Waals surface area contributed by atoms with Gasteiger partial charge in [-0.3, -0.25) is 19.2 Å². The molecule has 0 fully saturated rings. The molecule has 42 heavy (non-hydrogen) atoms. The molecular formula is C30H39N7O5. The Morgan fingerprint density at radius 3 is 2.24 bits per heavy atom. The third-order valence-corrected chi connectivity index (χ3v) is 6.65. The average Bonchev–Trinajstić information content (AvgIpc) is 3.40. The quantitative estimate of drug-likeness (QED) is 0.249. The van der Waals surface area contributed by atoms with Crippen LogP contribution < -0.4 is 20.7 Å². The van der Waals surface area contributed by atoms with Gasteiger partial charge in [-0.1, -0.05) is 73.9 Å². The standard InChI is InChI=1S/C30H39N7O5/c1-6-24(25(38)18-37-30(34-35-36-37)42-23-15-12-20(4)13-16-23)32-28(40)21(5)31-29(41)27(19(2)3)33-26(39)17-14-22-10-8-7-9-11-22/h7-13,15-16,19,21,24,27H,6,14,17-18H2,1-5H3,(H,31,41)(H,32,40)(H,33,39). The van der Waals surface area contributed by atoms with Crippen LogP contribution in [0.1, 0.15) is 51.7 Å². The Labute approximate surface area is 245 Å². The summed E-state index contributed by atoms with van der Waals surface area (Å²) in [4.78, 5) is 51.5. The molecule has 1 heterocycles. The van der Waals surface area contributed by atoms with E-state index < -0.39 is 29.9 Å². The number of nitrogens with zero attached hydrogens (tertiary/aromatic N) is 4. The lowest BCUT2D eigenvalue weighted by atomic mass is 10.0.